The fraction of sp³-hybridized carbons (Fsp3) is 0.886. The molecule has 12 unspecified atom stereocenters. The lowest BCUT2D eigenvalue weighted by Crippen LogP contribution is -2.65. The Morgan fingerprint density at radius 3 is 1.09 bits per heavy atom. The summed E-state index contributed by atoms with van der Waals surface area (Å²) in [6, 6.07) is -0.918. The molecular weight excluding hydrogens is 1170 g/mol. The summed E-state index contributed by atoms with van der Waals surface area (Å²) >= 11 is 0. The number of rotatable bonds is 66. The van der Waals surface area contributed by atoms with Crippen LogP contribution in [-0.4, -0.2) is 140 Å². The summed E-state index contributed by atoms with van der Waals surface area (Å²) in [7, 11) is 0. The van der Waals surface area contributed by atoms with Crippen LogP contribution in [0, 0.1) is 0 Å². The summed E-state index contributed by atoms with van der Waals surface area (Å²) in [6.07, 6.45) is 67.5. The summed E-state index contributed by atoms with van der Waals surface area (Å²) in [5.41, 5.74) is 0. The van der Waals surface area contributed by atoms with Crippen LogP contribution in [0.5, 0.6) is 0 Å². The van der Waals surface area contributed by atoms with E-state index in [9.17, 15) is 45.6 Å². The van der Waals surface area contributed by atoms with E-state index in [4.69, 9.17) is 18.9 Å². The Hall–Kier alpha value is -2.05. The van der Waals surface area contributed by atoms with E-state index >= 15 is 0 Å². The number of carbonyl (C=O) groups is 1. The molecule has 546 valence electrons. The van der Waals surface area contributed by atoms with Crippen LogP contribution in [0.15, 0.2) is 48.6 Å². The van der Waals surface area contributed by atoms with Crippen molar-refractivity contribution in [2.45, 2.75) is 428 Å². The molecule has 2 heterocycles. The van der Waals surface area contributed by atoms with Gasteiger partial charge in [-0.2, -0.15) is 0 Å². The second kappa shape index (κ2) is 63.4. The second-order valence-corrected chi connectivity index (χ2v) is 27.8. The van der Waals surface area contributed by atoms with Crippen molar-refractivity contribution in [3.63, 3.8) is 0 Å². The molecule has 1 amide bonds. The molecule has 93 heavy (non-hydrogen) atoms. The fourth-order valence-corrected chi connectivity index (χ4v) is 13.0. The maximum absolute atomic E-state index is 13.4. The summed E-state index contributed by atoms with van der Waals surface area (Å²) in [5.74, 6) is -0.235. The smallest absolute Gasteiger partial charge is 0.220 e. The molecule has 2 fully saturated rings. The second-order valence-electron chi connectivity index (χ2n) is 27.8. The maximum Gasteiger partial charge on any atom is 0.220 e. The fourth-order valence-electron chi connectivity index (χ4n) is 13.0. The zero-order valence-corrected chi connectivity index (χ0v) is 59.8. The highest BCUT2D eigenvalue weighted by Crippen LogP contribution is 2.30. The molecule has 0 bridgehead atoms. The van der Waals surface area contributed by atoms with Crippen molar-refractivity contribution in [3.8, 4) is 0 Å². The van der Waals surface area contributed by atoms with Gasteiger partial charge in [0, 0.05) is 6.42 Å². The number of nitrogens with one attached hydrogen (secondary N) is 1. The van der Waals surface area contributed by atoms with E-state index < -0.39 is 86.8 Å². The average molecular weight is 1320 g/mol. The van der Waals surface area contributed by atoms with E-state index in [1.807, 2.05) is 6.08 Å². The lowest BCUT2D eigenvalue weighted by molar-refractivity contribution is -0.359. The molecule has 2 saturated heterocycles. The van der Waals surface area contributed by atoms with Crippen molar-refractivity contribution in [1.82, 2.24) is 5.32 Å². The number of aliphatic hydroxyl groups excluding tert-OH is 8. The van der Waals surface area contributed by atoms with Crippen LogP contribution >= 0.6 is 0 Å². The summed E-state index contributed by atoms with van der Waals surface area (Å²) in [6.45, 7) is 2.84. The third kappa shape index (κ3) is 46.8. The molecule has 14 heteroatoms. The standard InChI is InChI=1S/C79H147NO13/c1-3-5-7-9-11-13-15-17-19-21-23-25-27-29-31-33-35-36-38-40-42-44-46-48-50-52-54-56-58-60-62-68(83)67(66-90-78-76(89)74(87)77(70(65-82)92-78)93-79-75(88)73(86)72(85)69(64-81)91-79)80-71(84)63-61-59-57-55-53-51-49-47-45-43-41-39-37-34-32-30-28-26-24-22-20-18-16-14-12-10-8-6-4-2/h16,18,22,24,28,30,60,62,67-70,72-79,81-83,85-89H,3-15,17,19-21,23,25-27,29,31-59,61,63-66H2,1-2H3,(H,80,84)/b18-16-,24-22-,30-28-,62-60+. The highest BCUT2D eigenvalue weighted by atomic mass is 16.7. The molecule has 2 aliphatic heterocycles. The topological polar surface area (TPSA) is 228 Å². The first kappa shape index (κ1) is 87.0. The van der Waals surface area contributed by atoms with Crippen LogP contribution in [0.3, 0.4) is 0 Å². The van der Waals surface area contributed by atoms with Gasteiger partial charge in [0.2, 0.25) is 5.91 Å². The molecule has 2 aliphatic rings. The minimum absolute atomic E-state index is 0.235. The quantitative estimate of drug-likeness (QED) is 0.0204. The highest BCUT2D eigenvalue weighted by Gasteiger charge is 2.51. The molecule has 14 nitrogen and oxygen atoms in total. The van der Waals surface area contributed by atoms with Crippen molar-refractivity contribution in [3.05, 3.63) is 48.6 Å². The van der Waals surface area contributed by atoms with E-state index in [1.165, 1.54) is 276 Å². The van der Waals surface area contributed by atoms with Crippen molar-refractivity contribution in [2.24, 2.45) is 0 Å². The molecule has 0 aromatic carbocycles. The van der Waals surface area contributed by atoms with E-state index in [-0.39, 0.29) is 18.9 Å². The van der Waals surface area contributed by atoms with Gasteiger partial charge in [-0.3, -0.25) is 4.79 Å². The Morgan fingerprint density at radius 2 is 0.710 bits per heavy atom. The van der Waals surface area contributed by atoms with Gasteiger partial charge >= 0.3 is 0 Å². The van der Waals surface area contributed by atoms with Gasteiger partial charge in [0.1, 0.15) is 48.8 Å². The van der Waals surface area contributed by atoms with Gasteiger partial charge in [0.25, 0.3) is 0 Å². The maximum atomic E-state index is 13.4. The molecule has 0 saturated carbocycles. The van der Waals surface area contributed by atoms with Gasteiger partial charge in [0.15, 0.2) is 12.6 Å². The highest BCUT2D eigenvalue weighted by molar-refractivity contribution is 5.76. The molecule has 0 spiro atoms. The van der Waals surface area contributed by atoms with Gasteiger partial charge in [0.05, 0.1) is 32.0 Å². The Morgan fingerprint density at radius 1 is 0.387 bits per heavy atom. The Labute approximate surface area is 569 Å². The number of carbonyl (C=O) groups excluding carboxylic acids is 1. The van der Waals surface area contributed by atoms with E-state index in [1.54, 1.807) is 6.08 Å². The number of aliphatic hydroxyl groups is 8. The van der Waals surface area contributed by atoms with Crippen LogP contribution in [0.2, 0.25) is 0 Å². The van der Waals surface area contributed by atoms with Gasteiger partial charge in [-0.15, -0.1) is 0 Å². The lowest BCUT2D eigenvalue weighted by atomic mass is 9.97. The van der Waals surface area contributed by atoms with Crippen LogP contribution in [0.4, 0.5) is 0 Å². The summed E-state index contributed by atoms with van der Waals surface area (Å²) in [4.78, 5) is 13.4. The lowest BCUT2D eigenvalue weighted by Gasteiger charge is -2.46. The van der Waals surface area contributed by atoms with E-state index in [2.05, 4.69) is 55.6 Å². The number of unbranched alkanes of at least 4 members (excludes halogenated alkanes) is 47. The first-order chi connectivity index (χ1) is 45.6. The zero-order chi connectivity index (χ0) is 67.3. The number of hydrogen-bond acceptors (Lipinski definition) is 13. The summed E-state index contributed by atoms with van der Waals surface area (Å²) in [5, 5.41) is 87.7. The van der Waals surface area contributed by atoms with Crippen LogP contribution in [0.25, 0.3) is 0 Å². The molecule has 0 radical (unpaired) electrons. The molecule has 9 N–H and O–H groups in total. The van der Waals surface area contributed by atoms with Crippen LogP contribution in [0.1, 0.15) is 354 Å². The van der Waals surface area contributed by atoms with Crippen molar-refractivity contribution in [2.75, 3.05) is 19.8 Å². The minimum atomic E-state index is -1.79. The predicted molar refractivity (Wildman–Crippen MR) is 383 cm³/mol. The Bertz CT molecular complexity index is 1750. The molecule has 2 rings (SSSR count). The largest absolute Gasteiger partial charge is 0.394 e. The molecule has 0 aliphatic carbocycles. The average Bonchev–Trinajstić information content (AvgIpc) is 0.854. The first-order valence-corrected chi connectivity index (χ1v) is 39.4. The van der Waals surface area contributed by atoms with E-state index in [0.29, 0.717) is 6.42 Å². The van der Waals surface area contributed by atoms with E-state index in [0.717, 1.165) is 51.4 Å². The number of amides is 1. The molecular formula is C79H147NO13. The van der Waals surface area contributed by atoms with Gasteiger partial charge in [-0.1, -0.05) is 339 Å². The van der Waals surface area contributed by atoms with Crippen molar-refractivity contribution in [1.29, 1.82) is 0 Å². The van der Waals surface area contributed by atoms with Crippen molar-refractivity contribution >= 4 is 5.91 Å². The first-order valence-electron chi connectivity index (χ1n) is 39.4. The monoisotopic (exact) mass is 1320 g/mol. The Balaban J connectivity index is 1.64. The van der Waals surface area contributed by atoms with Gasteiger partial charge in [-0.25, -0.2) is 0 Å². The SMILES string of the molecule is CCCCCCC/C=C\C/C=C\C/C=C\CCCCCCCCCCCCCCCCC(=O)NC(COC1OC(CO)C(OC2OC(CO)C(O)C(O)C2O)C(O)C1O)C(O)/C=C/CCCCCCCCCCCCCCCCCCCCCCCCCCCCCC. The van der Waals surface area contributed by atoms with Crippen LogP contribution in [-0.2, 0) is 23.7 Å². The third-order valence-electron chi connectivity index (χ3n) is 19.3. The summed E-state index contributed by atoms with van der Waals surface area (Å²) < 4.78 is 22.9. The number of ether oxygens (including phenoxy) is 4. The third-order valence-corrected chi connectivity index (χ3v) is 19.3. The zero-order valence-electron chi connectivity index (χ0n) is 59.8. The number of allylic oxidation sites excluding steroid dienone is 7. The molecule has 0 aromatic rings. The normalized spacial score (nSPS) is 22.8. The number of hydrogen-bond donors (Lipinski definition) is 9. The van der Waals surface area contributed by atoms with Crippen molar-refractivity contribution < 1.29 is 64.6 Å². The molecule has 12 atom stereocenters. The predicted octanol–water partition coefficient (Wildman–Crippen LogP) is 17.4. The van der Waals surface area contributed by atoms with Gasteiger partial charge in [-0.05, 0) is 57.8 Å². The van der Waals surface area contributed by atoms with Gasteiger partial charge < -0.3 is 65.1 Å². The van der Waals surface area contributed by atoms with Crippen LogP contribution < -0.4 is 5.32 Å². The molecule has 0 aromatic heterocycles. The minimum Gasteiger partial charge on any atom is -0.394 e. The Kier molecular flexibility index (Phi) is 59.3.